The lowest BCUT2D eigenvalue weighted by Crippen LogP contribution is -2.01. The second-order valence-corrected chi connectivity index (χ2v) is 4.46. The van der Waals surface area contributed by atoms with Crippen LogP contribution in [0.4, 0.5) is 5.69 Å². The Morgan fingerprint density at radius 3 is 2.10 bits per heavy atom. The minimum atomic E-state index is -0.931. The molecule has 2 rings (SSSR count). The zero-order valence-corrected chi connectivity index (χ0v) is 11.9. The van der Waals surface area contributed by atoms with E-state index >= 15 is 0 Å². The molecule has 0 saturated heterocycles. The first-order valence-corrected chi connectivity index (χ1v) is 6.41. The van der Waals surface area contributed by atoms with Crippen molar-refractivity contribution in [1.29, 1.82) is 0 Å². The maximum atomic E-state index is 10.8. The van der Waals surface area contributed by atoms with Crippen LogP contribution in [0.5, 0.6) is 11.5 Å². The van der Waals surface area contributed by atoms with Crippen LogP contribution in [-0.4, -0.2) is 25.3 Å². The lowest BCUT2D eigenvalue weighted by atomic mass is 10.1. The molecule has 5 nitrogen and oxygen atoms in total. The lowest BCUT2D eigenvalue weighted by molar-refractivity contribution is 0.0697. The highest BCUT2D eigenvalue weighted by Gasteiger charge is 2.04. The van der Waals surface area contributed by atoms with E-state index in [9.17, 15) is 4.79 Å². The van der Waals surface area contributed by atoms with Gasteiger partial charge >= 0.3 is 5.97 Å². The van der Waals surface area contributed by atoms with E-state index in [4.69, 9.17) is 14.6 Å². The summed E-state index contributed by atoms with van der Waals surface area (Å²) in [6.07, 6.45) is 0. The van der Waals surface area contributed by atoms with Crippen LogP contribution in [0.3, 0.4) is 0 Å². The van der Waals surface area contributed by atoms with Crippen molar-refractivity contribution in [2.75, 3.05) is 19.5 Å². The molecule has 5 heteroatoms. The number of carbonyl (C=O) groups is 1. The molecule has 0 aliphatic carbocycles. The lowest BCUT2D eigenvalue weighted by Gasteiger charge is -2.10. The topological polar surface area (TPSA) is 67.8 Å². The van der Waals surface area contributed by atoms with E-state index in [-0.39, 0.29) is 5.56 Å². The van der Waals surface area contributed by atoms with Crippen LogP contribution < -0.4 is 14.8 Å². The summed E-state index contributed by atoms with van der Waals surface area (Å²) in [7, 11) is 3.22. The molecule has 2 aromatic carbocycles. The van der Waals surface area contributed by atoms with Crippen LogP contribution in [-0.2, 0) is 6.54 Å². The Hall–Kier alpha value is -2.69. The number of aromatic carboxylic acids is 1. The predicted molar refractivity (Wildman–Crippen MR) is 80.3 cm³/mol. The van der Waals surface area contributed by atoms with Gasteiger partial charge in [-0.25, -0.2) is 4.79 Å². The Kier molecular flexibility index (Phi) is 4.66. The molecule has 0 unspecified atom stereocenters. The number of hydrogen-bond donors (Lipinski definition) is 2. The van der Waals surface area contributed by atoms with Crippen molar-refractivity contribution in [3.8, 4) is 11.5 Å². The summed E-state index contributed by atoms with van der Waals surface area (Å²) >= 11 is 0. The van der Waals surface area contributed by atoms with Gasteiger partial charge in [0, 0.05) is 18.3 Å². The number of benzene rings is 2. The molecule has 0 aromatic heterocycles. The Labute approximate surface area is 123 Å². The third-order valence-corrected chi connectivity index (χ3v) is 3.04. The van der Waals surface area contributed by atoms with Crippen LogP contribution in [0.15, 0.2) is 42.5 Å². The summed E-state index contributed by atoms with van der Waals surface area (Å²) in [5, 5.41) is 12.1. The van der Waals surface area contributed by atoms with Crippen molar-refractivity contribution < 1.29 is 19.4 Å². The number of carboxylic acid groups (broad SMARTS) is 1. The van der Waals surface area contributed by atoms with Gasteiger partial charge in [0.25, 0.3) is 0 Å². The van der Waals surface area contributed by atoms with Gasteiger partial charge in [0.05, 0.1) is 19.8 Å². The average molecular weight is 287 g/mol. The van der Waals surface area contributed by atoms with Gasteiger partial charge in [-0.15, -0.1) is 0 Å². The molecule has 0 saturated carbocycles. The quantitative estimate of drug-likeness (QED) is 0.854. The Morgan fingerprint density at radius 2 is 1.62 bits per heavy atom. The maximum Gasteiger partial charge on any atom is 0.335 e. The van der Waals surface area contributed by atoms with Crippen molar-refractivity contribution in [1.82, 2.24) is 0 Å². The Morgan fingerprint density at radius 1 is 1.05 bits per heavy atom. The summed E-state index contributed by atoms with van der Waals surface area (Å²) < 4.78 is 10.4. The standard InChI is InChI=1S/C16H17NO4/c1-20-14-7-11(8-15(9-14)21-2)10-17-13-5-3-12(4-6-13)16(18)19/h3-9,17H,10H2,1-2H3,(H,18,19). The molecule has 0 spiro atoms. The Bertz CT molecular complexity index is 600. The van der Waals surface area contributed by atoms with Gasteiger partial charge in [0.2, 0.25) is 0 Å². The number of carboxylic acids is 1. The van der Waals surface area contributed by atoms with E-state index in [1.54, 1.807) is 38.5 Å². The van der Waals surface area contributed by atoms with E-state index in [1.165, 1.54) is 0 Å². The molecule has 21 heavy (non-hydrogen) atoms. The smallest absolute Gasteiger partial charge is 0.335 e. The van der Waals surface area contributed by atoms with E-state index in [0.717, 1.165) is 22.7 Å². The maximum absolute atomic E-state index is 10.8. The first kappa shape index (κ1) is 14.7. The fraction of sp³-hybridized carbons (Fsp3) is 0.188. The predicted octanol–water partition coefficient (Wildman–Crippen LogP) is 3.01. The van der Waals surface area contributed by atoms with Crippen LogP contribution in [0.1, 0.15) is 15.9 Å². The highest BCUT2D eigenvalue weighted by Crippen LogP contribution is 2.23. The van der Waals surface area contributed by atoms with Crippen LogP contribution in [0.2, 0.25) is 0 Å². The molecule has 0 amide bonds. The first-order chi connectivity index (χ1) is 10.1. The molecule has 110 valence electrons. The SMILES string of the molecule is COc1cc(CNc2ccc(C(=O)O)cc2)cc(OC)c1. The summed E-state index contributed by atoms with van der Waals surface area (Å²) in [5.41, 5.74) is 2.12. The van der Waals surface area contributed by atoms with Crippen LogP contribution in [0, 0.1) is 0 Å². The molecule has 0 radical (unpaired) electrons. The molecule has 0 bridgehead atoms. The van der Waals surface area contributed by atoms with E-state index in [1.807, 2.05) is 18.2 Å². The van der Waals surface area contributed by atoms with Crippen molar-refractivity contribution in [3.05, 3.63) is 53.6 Å². The molecule has 0 aliphatic rings. The van der Waals surface area contributed by atoms with Gasteiger partial charge in [-0.2, -0.15) is 0 Å². The first-order valence-electron chi connectivity index (χ1n) is 6.41. The zero-order chi connectivity index (χ0) is 15.2. The van der Waals surface area contributed by atoms with Crippen molar-refractivity contribution in [2.45, 2.75) is 6.54 Å². The molecular weight excluding hydrogens is 270 g/mol. The molecule has 2 aromatic rings. The number of ether oxygens (including phenoxy) is 2. The van der Waals surface area contributed by atoms with Gasteiger partial charge in [-0.3, -0.25) is 0 Å². The minimum absolute atomic E-state index is 0.267. The fourth-order valence-corrected chi connectivity index (χ4v) is 1.90. The fourth-order valence-electron chi connectivity index (χ4n) is 1.90. The van der Waals surface area contributed by atoms with E-state index < -0.39 is 5.97 Å². The van der Waals surface area contributed by atoms with Crippen molar-refractivity contribution >= 4 is 11.7 Å². The normalized spacial score (nSPS) is 10.0. The second-order valence-electron chi connectivity index (χ2n) is 4.46. The number of nitrogens with one attached hydrogen (secondary N) is 1. The monoisotopic (exact) mass is 287 g/mol. The molecule has 2 N–H and O–H groups in total. The van der Waals surface area contributed by atoms with Gasteiger partial charge in [-0.1, -0.05) is 0 Å². The summed E-state index contributed by atoms with van der Waals surface area (Å²) in [5.74, 6) is 0.527. The Balaban J connectivity index is 2.06. The third kappa shape index (κ3) is 3.89. The van der Waals surface area contributed by atoms with Gasteiger partial charge in [0.15, 0.2) is 0 Å². The van der Waals surface area contributed by atoms with Gasteiger partial charge in [0.1, 0.15) is 11.5 Å². The highest BCUT2D eigenvalue weighted by atomic mass is 16.5. The molecular formula is C16H17NO4. The molecule has 0 aliphatic heterocycles. The van der Waals surface area contributed by atoms with E-state index in [2.05, 4.69) is 5.32 Å². The zero-order valence-electron chi connectivity index (χ0n) is 11.9. The van der Waals surface area contributed by atoms with E-state index in [0.29, 0.717) is 6.54 Å². The molecule has 0 atom stereocenters. The second kappa shape index (κ2) is 6.65. The third-order valence-electron chi connectivity index (χ3n) is 3.04. The molecule has 0 heterocycles. The number of anilines is 1. The van der Waals surface area contributed by atoms with Gasteiger partial charge in [-0.05, 0) is 42.0 Å². The summed E-state index contributed by atoms with van der Waals surface area (Å²) in [6.45, 7) is 0.583. The largest absolute Gasteiger partial charge is 0.497 e. The number of hydrogen-bond acceptors (Lipinski definition) is 4. The van der Waals surface area contributed by atoms with Gasteiger partial charge < -0.3 is 19.9 Å². The van der Waals surface area contributed by atoms with Crippen molar-refractivity contribution in [2.24, 2.45) is 0 Å². The number of methoxy groups -OCH3 is 2. The average Bonchev–Trinajstić information content (AvgIpc) is 2.52. The minimum Gasteiger partial charge on any atom is -0.497 e. The highest BCUT2D eigenvalue weighted by molar-refractivity contribution is 5.87. The van der Waals surface area contributed by atoms with Crippen molar-refractivity contribution in [3.63, 3.8) is 0 Å². The molecule has 0 fully saturated rings. The summed E-state index contributed by atoms with van der Waals surface area (Å²) in [4.78, 5) is 10.8. The van der Waals surface area contributed by atoms with Crippen LogP contribution >= 0.6 is 0 Å². The summed E-state index contributed by atoms with van der Waals surface area (Å²) in [6, 6.07) is 12.3. The number of rotatable bonds is 6. The van der Waals surface area contributed by atoms with Crippen LogP contribution in [0.25, 0.3) is 0 Å².